The maximum atomic E-state index is 14.8. The van der Waals surface area contributed by atoms with Crippen LogP contribution in [0.5, 0.6) is 0 Å². The molecule has 1 aliphatic rings. The summed E-state index contributed by atoms with van der Waals surface area (Å²) in [7, 11) is 2.01. The van der Waals surface area contributed by atoms with Gasteiger partial charge in [0.05, 0.1) is 17.2 Å². The van der Waals surface area contributed by atoms with E-state index >= 15 is 0 Å². The predicted octanol–water partition coefficient (Wildman–Crippen LogP) is 4.80. The van der Waals surface area contributed by atoms with Gasteiger partial charge in [-0.05, 0) is 41.8 Å². The number of hydrogen-bond acceptors (Lipinski definition) is 1. The number of rotatable bonds is 1. The topological polar surface area (TPSA) is 27.7 Å². The fourth-order valence-electron chi connectivity index (χ4n) is 4.42. The van der Waals surface area contributed by atoms with Gasteiger partial charge in [-0.1, -0.05) is 26.0 Å². The molecule has 4 rings (SSSR count). The first-order valence-electron chi connectivity index (χ1n) is 8.70. The summed E-state index contributed by atoms with van der Waals surface area (Å²) in [6.45, 7) is 6.13. The lowest BCUT2D eigenvalue weighted by Crippen LogP contribution is -2.31. The Kier molecular flexibility index (Phi) is 3.49. The van der Waals surface area contributed by atoms with Gasteiger partial charge in [0.15, 0.2) is 6.20 Å². The van der Waals surface area contributed by atoms with Gasteiger partial charge in [0, 0.05) is 28.7 Å². The Bertz CT molecular complexity index is 1100. The van der Waals surface area contributed by atoms with E-state index in [0.717, 1.165) is 33.5 Å². The van der Waals surface area contributed by atoms with E-state index in [1.165, 1.54) is 6.07 Å². The molecule has 128 valence electrons. The lowest BCUT2D eigenvalue weighted by molar-refractivity contribution is -0.660. The second kappa shape index (κ2) is 5.51. The summed E-state index contributed by atoms with van der Waals surface area (Å²) in [6.07, 6.45) is 2.01. The van der Waals surface area contributed by atoms with Crippen molar-refractivity contribution in [1.29, 1.82) is 5.26 Å². The van der Waals surface area contributed by atoms with Crippen LogP contribution in [0.2, 0.25) is 0 Å². The van der Waals surface area contributed by atoms with Crippen molar-refractivity contribution in [1.82, 2.24) is 0 Å². The molecule has 0 fully saturated rings. The number of halogens is 1. The van der Waals surface area contributed by atoms with Crippen molar-refractivity contribution < 1.29 is 8.96 Å². The Labute approximate surface area is 153 Å². The Balaban J connectivity index is 2.21. The minimum atomic E-state index is -0.522. The molecule has 0 amide bonds. The average molecular weight is 343 g/mol. The van der Waals surface area contributed by atoms with E-state index in [4.69, 9.17) is 0 Å². The van der Waals surface area contributed by atoms with Crippen molar-refractivity contribution >= 4 is 0 Å². The zero-order valence-corrected chi connectivity index (χ0v) is 15.4. The average Bonchev–Trinajstić information content (AvgIpc) is 2.84. The number of hydrogen-bond donors (Lipinski definition) is 0. The van der Waals surface area contributed by atoms with Gasteiger partial charge in [-0.15, -0.1) is 0 Å². The summed E-state index contributed by atoms with van der Waals surface area (Å²) in [5.41, 5.74) is 6.69. The first kappa shape index (κ1) is 16.5. The molecule has 1 heterocycles. The van der Waals surface area contributed by atoms with Crippen LogP contribution in [0, 0.1) is 24.1 Å². The lowest BCUT2D eigenvalue weighted by Gasteiger charge is -2.25. The van der Waals surface area contributed by atoms with Crippen LogP contribution in [0.15, 0.2) is 48.7 Å². The van der Waals surface area contributed by atoms with E-state index in [-0.39, 0.29) is 5.82 Å². The number of nitrogens with zero attached hydrogens (tertiary/aromatic N) is 2. The van der Waals surface area contributed by atoms with Crippen LogP contribution in [-0.2, 0) is 12.5 Å². The van der Waals surface area contributed by atoms with Crippen molar-refractivity contribution in [2.45, 2.75) is 26.2 Å². The minimum Gasteiger partial charge on any atom is -0.207 e. The predicted molar refractivity (Wildman–Crippen MR) is 100 cm³/mol. The quantitative estimate of drug-likeness (QED) is 0.583. The highest BCUT2D eigenvalue weighted by molar-refractivity contribution is 5.91. The summed E-state index contributed by atoms with van der Waals surface area (Å²) in [5.74, 6) is -0.214. The number of aromatic nitrogens is 1. The minimum absolute atomic E-state index is 0.214. The molecule has 1 aromatic heterocycles. The van der Waals surface area contributed by atoms with Gasteiger partial charge < -0.3 is 0 Å². The highest BCUT2D eigenvalue weighted by Gasteiger charge is 2.43. The molecule has 0 saturated heterocycles. The third kappa shape index (κ3) is 2.05. The number of fused-ring (bicyclic) bond motifs is 3. The Morgan fingerprint density at radius 2 is 1.81 bits per heavy atom. The van der Waals surface area contributed by atoms with Gasteiger partial charge in [-0.3, -0.25) is 0 Å². The van der Waals surface area contributed by atoms with E-state index in [0.29, 0.717) is 11.1 Å². The fraction of sp³-hybridized carbons (Fsp3) is 0.217. The van der Waals surface area contributed by atoms with E-state index in [9.17, 15) is 9.65 Å². The van der Waals surface area contributed by atoms with Crippen molar-refractivity contribution in [3.05, 3.63) is 76.7 Å². The summed E-state index contributed by atoms with van der Waals surface area (Å²) in [5, 5.41) is 9.76. The molecular formula is C23H20FN2+. The second-order valence-electron chi connectivity index (χ2n) is 7.46. The van der Waals surface area contributed by atoms with E-state index in [1.807, 2.05) is 58.3 Å². The van der Waals surface area contributed by atoms with Crippen LogP contribution in [0.1, 0.15) is 36.1 Å². The summed E-state index contributed by atoms with van der Waals surface area (Å²) in [6, 6.07) is 15.5. The normalized spacial score (nSPS) is 13.8. The first-order chi connectivity index (χ1) is 12.4. The van der Waals surface area contributed by atoms with Gasteiger partial charge in [0.1, 0.15) is 12.9 Å². The molecule has 3 heteroatoms. The maximum absolute atomic E-state index is 14.8. The Hall–Kier alpha value is -2.99. The van der Waals surface area contributed by atoms with Crippen molar-refractivity contribution in [2.75, 3.05) is 0 Å². The molecule has 0 bridgehead atoms. The summed E-state index contributed by atoms with van der Waals surface area (Å²) >= 11 is 0. The van der Waals surface area contributed by atoms with Crippen LogP contribution in [0.3, 0.4) is 0 Å². The molecule has 1 aliphatic carbocycles. The molecule has 2 aromatic carbocycles. The van der Waals surface area contributed by atoms with Gasteiger partial charge in [0.25, 0.3) is 0 Å². The van der Waals surface area contributed by atoms with Crippen LogP contribution in [0.4, 0.5) is 4.39 Å². The molecule has 0 N–H and O–H groups in total. The van der Waals surface area contributed by atoms with Gasteiger partial charge in [0.2, 0.25) is 5.69 Å². The zero-order chi connectivity index (χ0) is 18.6. The van der Waals surface area contributed by atoms with Crippen LogP contribution in [0.25, 0.3) is 22.4 Å². The number of pyridine rings is 1. The molecule has 0 spiro atoms. The third-order valence-electron chi connectivity index (χ3n) is 5.49. The fourth-order valence-corrected chi connectivity index (χ4v) is 4.42. The molecule has 0 aliphatic heterocycles. The molecule has 0 unspecified atom stereocenters. The number of aryl methyl sites for hydroxylation is 2. The van der Waals surface area contributed by atoms with Crippen LogP contribution >= 0.6 is 0 Å². The Morgan fingerprint density at radius 1 is 1.04 bits per heavy atom. The van der Waals surface area contributed by atoms with Gasteiger partial charge in [-0.2, -0.15) is 5.26 Å². The van der Waals surface area contributed by atoms with Gasteiger partial charge in [-0.25, -0.2) is 8.96 Å². The van der Waals surface area contributed by atoms with Crippen molar-refractivity contribution in [3.8, 4) is 28.5 Å². The number of benzene rings is 2. The first-order valence-corrected chi connectivity index (χ1v) is 8.70. The molecule has 3 aromatic rings. The van der Waals surface area contributed by atoms with Crippen molar-refractivity contribution in [3.63, 3.8) is 0 Å². The second-order valence-corrected chi connectivity index (χ2v) is 7.46. The smallest absolute Gasteiger partial charge is 0.207 e. The summed E-state index contributed by atoms with van der Waals surface area (Å²) in [4.78, 5) is 0. The maximum Gasteiger partial charge on any atom is 0.212 e. The van der Waals surface area contributed by atoms with E-state index < -0.39 is 5.41 Å². The van der Waals surface area contributed by atoms with Crippen LogP contribution in [-0.4, -0.2) is 0 Å². The zero-order valence-electron chi connectivity index (χ0n) is 15.4. The van der Waals surface area contributed by atoms with E-state index in [1.54, 1.807) is 6.07 Å². The molecule has 2 nitrogen and oxygen atoms in total. The molecular weight excluding hydrogens is 323 g/mol. The van der Waals surface area contributed by atoms with Gasteiger partial charge >= 0.3 is 0 Å². The number of nitriles is 1. The third-order valence-corrected chi connectivity index (χ3v) is 5.49. The largest absolute Gasteiger partial charge is 0.212 e. The molecule has 0 saturated carbocycles. The summed E-state index contributed by atoms with van der Waals surface area (Å²) < 4.78 is 16.9. The van der Waals surface area contributed by atoms with E-state index in [2.05, 4.69) is 16.7 Å². The highest BCUT2D eigenvalue weighted by Crippen LogP contribution is 2.54. The molecule has 0 atom stereocenters. The molecule has 26 heavy (non-hydrogen) atoms. The Morgan fingerprint density at radius 3 is 2.50 bits per heavy atom. The van der Waals surface area contributed by atoms with Crippen molar-refractivity contribution in [2.24, 2.45) is 7.05 Å². The monoisotopic (exact) mass is 343 g/mol. The highest BCUT2D eigenvalue weighted by atomic mass is 19.1. The van der Waals surface area contributed by atoms with Crippen LogP contribution < -0.4 is 4.57 Å². The SMILES string of the molecule is Cc1cc(C#N)c2c(c1-c1cccc[n+]1C)C(C)(C)c1c(F)cccc1-2. The standard InChI is InChI=1S/C23H20FN2/c1-14-12-15(13-25)20-16-8-7-9-17(24)21(16)23(2,3)22(20)19(14)18-10-5-6-11-26(18)4/h5-12H,1-4H3/q+1. The lowest BCUT2D eigenvalue weighted by atomic mass is 9.77. The molecule has 0 radical (unpaired) electrons.